The van der Waals surface area contributed by atoms with Crippen LogP contribution in [-0.2, 0) is 0 Å². The summed E-state index contributed by atoms with van der Waals surface area (Å²) in [6.45, 7) is 3.73. The predicted octanol–water partition coefficient (Wildman–Crippen LogP) is 2.77. The Morgan fingerprint density at radius 1 is 1.36 bits per heavy atom. The van der Waals surface area contributed by atoms with Crippen LogP contribution in [0.4, 0.5) is 5.69 Å². The van der Waals surface area contributed by atoms with Crippen LogP contribution in [0.1, 0.15) is 34.2 Å². The predicted molar refractivity (Wildman–Crippen MR) is 86.4 cm³/mol. The third-order valence-corrected chi connectivity index (χ3v) is 4.02. The minimum atomic E-state index is -0.212. The van der Waals surface area contributed by atoms with Crippen molar-refractivity contribution in [2.75, 3.05) is 18.4 Å². The Morgan fingerprint density at radius 3 is 2.77 bits per heavy atom. The molecule has 0 aliphatic carbocycles. The van der Waals surface area contributed by atoms with Crippen molar-refractivity contribution in [1.82, 2.24) is 15.3 Å². The van der Waals surface area contributed by atoms with E-state index in [2.05, 4.69) is 20.6 Å². The van der Waals surface area contributed by atoms with E-state index in [-0.39, 0.29) is 5.91 Å². The van der Waals surface area contributed by atoms with Crippen molar-refractivity contribution in [2.45, 2.75) is 19.3 Å². The zero-order valence-electron chi connectivity index (χ0n) is 12.3. The molecule has 1 saturated heterocycles. The van der Waals surface area contributed by atoms with E-state index < -0.39 is 0 Å². The number of carbonyl (C=O) groups is 1. The van der Waals surface area contributed by atoms with Gasteiger partial charge in [0, 0.05) is 29.4 Å². The maximum atomic E-state index is 12.3. The summed E-state index contributed by atoms with van der Waals surface area (Å²) in [5, 5.41) is 6.75. The molecule has 3 rings (SSSR count). The van der Waals surface area contributed by atoms with Gasteiger partial charge in [0.1, 0.15) is 5.82 Å². The highest BCUT2D eigenvalue weighted by Crippen LogP contribution is 2.20. The minimum Gasteiger partial charge on any atom is -0.322 e. The van der Waals surface area contributed by atoms with Gasteiger partial charge in [-0.2, -0.15) is 0 Å². The molecule has 1 aliphatic rings. The van der Waals surface area contributed by atoms with Crippen LogP contribution in [0, 0.1) is 6.92 Å². The molecule has 114 valence electrons. The molecule has 1 aromatic carbocycles. The van der Waals surface area contributed by atoms with Crippen LogP contribution in [0.3, 0.4) is 0 Å². The Bertz CT molecular complexity index is 681. The summed E-state index contributed by atoms with van der Waals surface area (Å²) in [6, 6.07) is 6.98. The summed E-state index contributed by atoms with van der Waals surface area (Å²) in [5.41, 5.74) is 1.88. The van der Waals surface area contributed by atoms with E-state index in [0.717, 1.165) is 25.3 Å². The normalized spacial score (nSPS) is 17.5. The van der Waals surface area contributed by atoms with Crippen molar-refractivity contribution in [3.8, 4) is 0 Å². The first-order valence-electron chi connectivity index (χ1n) is 7.24. The molecule has 2 N–H and O–H groups in total. The molecule has 22 heavy (non-hydrogen) atoms. The highest BCUT2D eigenvalue weighted by Gasteiger charge is 2.21. The third kappa shape index (κ3) is 3.26. The Morgan fingerprint density at radius 2 is 2.14 bits per heavy atom. The summed E-state index contributed by atoms with van der Waals surface area (Å²) in [6.07, 6.45) is 2.65. The lowest BCUT2D eigenvalue weighted by Gasteiger charge is -2.11. The van der Waals surface area contributed by atoms with E-state index in [1.54, 1.807) is 30.5 Å². The smallest absolute Gasteiger partial charge is 0.259 e. The number of aryl methyl sites for hydroxylation is 1. The van der Waals surface area contributed by atoms with Crippen LogP contribution in [0.25, 0.3) is 0 Å². The summed E-state index contributed by atoms with van der Waals surface area (Å²) in [5.74, 6) is 0.938. The summed E-state index contributed by atoms with van der Waals surface area (Å²) >= 11 is 5.83. The molecule has 5 nitrogen and oxygen atoms in total. The lowest BCUT2D eigenvalue weighted by molar-refractivity contribution is 0.102. The van der Waals surface area contributed by atoms with Crippen molar-refractivity contribution in [3.63, 3.8) is 0 Å². The van der Waals surface area contributed by atoms with Gasteiger partial charge in [0.15, 0.2) is 0 Å². The molecule has 1 amide bonds. The molecule has 1 aromatic heterocycles. The third-order valence-electron chi connectivity index (χ3n) is 3.77. The van der Waals surface area contributed by atoms with Gasteiger partial charge in [0.2, 0.25) is 0 Å². The van der Waals surface area contributed by atoms with Crippen molar-refractivity contribution < 1.29 is 4.79 Å². The molecule has 6 heteroatoms. The second-order valence-corrected chi connectivity index (χ2v) is 5.81. The average molecular weight is 317 g/mol. The first kappa shape index (κ1) is 14.9. The standard InChI is InChI=1S/C16H17ClN4O/c1-10-14(9-19-15(20-10)11-6-7-18-8-11)16(22)21-13-4-2-12(17)3-5-13/h2-5,9,11,18H,6-8H2,1H3,(H,21,22). The fraction of sp³-hybridized carbons (Fsp3) is 0.312. The molecular formula is C16H17ClN4O. The number of aromatic nitrogens is 2. The number of benzene rings is 1. The van der Waals surface area contributed by atoms with E-state index in [4.69, 9.17) is 11.6 Å². The largest absolute Gasteiger partial charge is 0.322 e. The van der Waals surface area contributed by atoms with Crippen molar-refractivity contribution in [2.24, 2.45) is 0 Å². The number of anilines is 1. The van der Waals surface area contributed by atoms with Crippen molar-refractivity contribution in [1.29, 1.82) is 0 Å². The van der Waals surface area contributed by atoms with Crippen LogP contribution < -0.4 is 10.6 Å². The number of halogens is 1. The maximum absolute atomic E-state index is 12.3. The number of hydrogen-bond acceptors (Lipinski definition) is 4. The summed E-state index contributed by atoms with van der Waals surface area (Å²) < 4.78 is 0. The molecular weight excluding hydrogens is 300 g/mol. The Hall–Kier alpha value is -1.98. The summed E-state index contributed by atoms with van der Waals surface area (Å²) in [4.78, 5) is 21.2. The van der Waals surface area contributed by atoms with Crippen LogP contribution in [0.5, 0.6) is 0 Å². The number of amides is 1. The van der Waals surface area contributed by atoms with Crippen molar-refractivity contribution in [3.05, 3.63) is 52.6 Å². The minimum absolute atomic E-state index is 0.212. The molecule has 1 unspecified atom stereocenters. The maximum Gasteiger partial charge on any atom is 0.259 e. The Balaban J connectivity index is 1.76. The quantitative estimate of drug-likeness (QED) is 0.913. The molecule has 0 saturated carbocycles. The zero-order valence-corrected chi connectivity index (χ0v) is 13.0. The number of carbonyl (C=O) groups excluding carboxylic acids is 1. The van der Waals surface area contributed by atoms with E-state index in [0.29, 0.717) is 27.9 Å². The van der Waals surface area contributed by atoms with Gasteiger partial charge < -0.3 is 10.6 Å². The van der Waals surface area contributed by atoms with E-state index in [1.807, 2.05) is 6.92 Å². The summed E-state index contributed by atoms with van der Waals surface area (Å²) in [7, 11) is 0. The fourth-order valence-electron chi connectivity index (χ4n) is 2.51. The van der Waals surface area contributed by atoms with Gasteiger partial charge >= 0.3 is 0 Å². The fourth-order valence-corrected chi connectivity index (χ4v) is 2.64. The monoisotopic (exact) mass is 316 g/mol. The molecule has 1 fully saturated rings. The van der Waals surface area contributed by atoms with Gasteiger partial charge in [-0.3, -0.25) is 4.79 Å². The Kier molecular flexibility index (Phi) is 4.36. The average Bonchev–Trinajstić information content (AvgIpc) is 3.03. The molecule has 2 heterocycles. The molecule has 2 aromatic rings. The van der Waals surface area contributed by atoms with Crippen LogP contribution in [0.15, 0.2) is 30.5 Å². The van der Waals surface area contributed by atoms with Crippen LogP contribution in [0.2, 0.25) is 5.02 Å². The van der Waals surface area contributed by atoms with Gasteiger partial charge in [-0.15, -0.1) is 0 Å². The lowest BCUT2D eigenvalue weighted by atomic mass is 10.1. The SMILES string of the molecule is Cc1nc(C2CCNC2)ncc1C(=O)Nc1ccc(Cl)cc1. The van der Waals surface area contributed by atoms with Gasteiger partial charge in [0.05, 0.1) is 11.3 Å². The van der Waals surface area contributed by atoms with E-state index >= 15 is 0 Å². The topological polar surface area (TPSA) is 66.9 Å². The number of nitrogens with zero attached hydrogens (tertiary/aromatic N) is 2. The second kappa shape index (κ2) is 6.42. The van der Waals surface area contributed by atoms with Crippen molar-refractivity contribution >= 4 is 23.2 Å². The molecule has 0 bridgehead atoms. The van der Waals surface area contributed by atoms with Crippen LogP contribution in [-0.4, -0.2) is 29.0 Å². The van der Waals surface area contributed by atoms with Gasteiger partial charge in [-0.1, -0.05) is 11.6 Å². The van der Waals surface area contributed by atoms with Gasteiger partial charge in [0.25, 0.3) is 5.91 Å². The number of nitrogens with one attached hydrogen (secondary N) is 2. The number of rotatable bonds is 3. The molecule has 0 spiro atoms. The van der Waals surface area contributed by atoms with Gasteiger partial charge in [-0.05, 0) is 44.2 Å². The zero-order chi connectivity index (χ0) is 15.5. The highest BCUT2D eigenvalue weighted by atomic mass is 35.5. The number of hydrogen-bond donors (Lipinski definition) is 2. The lowest BCUT2D eigenvalue weighted by Crippen LogP contribution is -2.17. The molecule has 1 atom stereocenters. The van der Waals surface area contributed by atoms with E-state index in [9.17, 15) is 4.79 Å². The molecule has 1 aliphatic heterocycles. The molecule has 0 radical (unpaired) electrons. The Labute approximate surface area is 134 Å². The van der Waals surface area contributed by atoms with Gasteiger partial charge in [-0.25, -0.2) is 9.97 Å². The first-order valence-corrected chi connectivity index (χ1v) is 7.62. The highest BCUT2D eigenvalue weighted by molar-refractivity contribution is 6.30. The van der Waals surface area contributed by atoms with E-state index in [1.165, 1.54) is 0 Å². The van der Waals surface area contributed by atoms with Crippen LogP contribution >= 0.6 is 11.6 Å². The second-order valence-electron chi connectivity index (χ2n) is 5.38. The first-order chi connectivity index (χ1) is 10.6.